The van der Waals surface area contributed by atoms with Gasteiger partial charge in [0.1, 0.15) is 23.0 Å². The zero-order valence-electron chi connectivity index (χ0n) is 24.9. The number of carbonyl (C=O) groups is 3. The van der Waals surface area contributed by atoms with E-state index in [0.717, 1.165) is 41.6 Å². The molecule has 5 rings (SSSR count). The van der Waals surface area contributed by atoms with Crippen molar-refractivity contribution in [3.05, 3.63) is 53.0 Å². The van der Waals surface area contributed by atoms with Crippen molar-refractivity contribution in [2.24, 2.45) is 28.6 Å². The van der Waals surface area contributed by atoms with E-state index >= 15 is 0 Å². The molecule has 4 N–H and O–H groups in total. The molecule has 0 aromatic heterocycles. The molecule has 0 aliphatic heterocycles. The lowest BCUT2D eigenvalue weighted by Gasteiger charge is -2.60. The lowest BCUT2D eigenvalue weighted by Crippen LogP contribution is -2.76. The number of allylic oxidation sites excluding steroid dienone is 3. The second-order valence-corrected chi connectivity index (χ2v) is 14.0. The topological polar surface area (TPSA) is 121 Å². The number of rotatable bonds is 8. The fourth-order valence-corrected chi connectivity index (χ4v) is 9.75. The summed E-state index contributed by atoms with van der Waals surface area (Å²) >= 11 is 0.929. The lowest BCUT2D eigenvalue weighted by atomic mass is 9.45. The molecule has 2 unspecified atom stereocenters. The minimum absolute atomic E-state index is 0.0296. The van der Waals surface area contributed by atoms with Crippen LogP contribution in [-0.4, -0.2) is 45.6 Å². The monoisotopic (exact) mass is 597 g/mol. The fraction of sp³-hybridized carbons (Fsp3) is 0.576. The number of carbonyl (C=O) groups excluding carboxylic acids is 3. The molecule has 0 amide bonds. The molecule has 7 atom stereocenters. The molecule has 1 aromatic rings. The Balaban J connectivity index is 1.47. The average molecular weight is 598 g/mol. The summed E-state index contributed by atoms with van der Waals surface area (Å²) in [4.78, 5) is 38.3. The molecule has 0 radical (unpaired) electrons. The standard InChI is InChI=1S/C33H41FN2O5S/c1-5-28(39)41-33(30(40)42-18-19(2)37)13-12-25-24-11-6-21-14-26(36-23-9-7-22(34)8-10-23)20(17-35)15-31(21,3)29(24)27(38)16-32(25,33)4/h7-10,14,17,24-25,27,29,35-36,38H,5-6,11-13,15-16,18H2,1-4H3/p+1/t24-,25?,27-,29?,31-,32-,33-/m0/s1. The number of benzene rings is 1. The number of hydrogen-bond acceptors (Lipinski definition) is 7. The van der Waals surface area contributed by atoms with Crippen molar-refractivity contribution in [1.29, 1.82) is 5.41 Å². The minimum Gasteiger partial charge on any atom is -0.449 e. The highest BCUT2D eigenvalue weighted by Gasteiger charge is 2.70. The summed E-state index contributed by atoms with van der Waals surface area (Å²) < 4.78 is 19.6. The highest BCUT2D eigenvalue weighted by molar-refractivity contribution is 8.14. The number of nitrogens with one attached hydrogen (secondary N) is 1. The molecule has 4 aliphatic carbocycles. The van der Waals surface area contributed by atoms with Crippen molar-refractivity contribution in [2.75, 3.05) is 5.75 Å². The van der Waals surface area contributed by atoms with Crippen LogP contribution in [0.2, 0.25) is 0 Å². The van der Waals surface area contributed by atoms with Gasteiger partial charge < -0.3 is 15.3 Å². The Labute approximate surface area is 251 Å². The van der Waals surface area contributed by atoms with Crippen molar-refractivity contribution in [2.45, 2.75) is 84.3 Å². The van der Waals surface area contributed by atoms with Gasteiger partial charge in [0.05, 0.1) is 11.9 Å². The molecule has 0 heterocycles. The number of Topliss-reactive ketones (excluding diaryl/α,β-unsaturated/α-hetero) is 1. The third-order valence-electron chi connectivity index (χ3n) is 10.7. The van der Waals surface area contributed by atoms with Crippen LogP contribution in [-0.2, 0) is 19.1 Å². The van der Waals surface area contributed by atoms with Crippen molar-refractivity contribution in [3.8, 4) is 0 Å². The first-order valence-electron chi connectivity index (χ1n) is 15.0. The Bertz CT molecular complexity index is 1360. The van der Waals surface area contributed by atoms with Gasteiger partial charge in [0, 0.05) is 35.8 Å². The van der Waals surface area contributed by atoms with Gasteiger partial charge in [-0.3, -0.25) is 19.7 Å². The molecule has 1 aromatic carbocycles. The largest absolute Gasteiger partial charge is 0.449 e. The van der Waals surface area contributed by atoms with E-state index in [9.17, 15) is 23.9 Å². The highest BCUT2D eigenvalue weighted by Crippen LogP contribution is 2.69. The smallest absolute Gasteiger partial charge is 0.306 e. The number of quaternary nitrogens is 1. The number of fused-ring (bicyclic) bond motifs is 5. The SMILES string of the molecule is CCC(=O)O[C@]1(C(=O)SCC(C)=O)CCC2[C@@H]3CCC4=CC([NH2+]c5ccc(F)cc5)=C(C=N)C[C@]4(C)C3[C@@H](O)C[C@@]21C. The number of ketones is 1. The third-order valence-corrected chi connectivity index (χ3v) is 11.9. The van der Waals surface area contributed by atoms with Gasteiger partial charge in [-0.1, -0.05) is 38.1 Å². The van der Waals surface area contributed by atoms with E-state index in [4.69, 9.17) is 10.1 Å². The van der Waals surface area contributed by atoms with Crippen molar-refractivity contribution in [3.63, 3.8) is 0 Å². The molecule has 42 heavy (non-hydrogen) atoms. The summed E-state index contributed by atoms with van der Waals surface area (Å²) in [5, 5.41) is 21.9. The van der Waals surface area contributed by atoms with E-state index in [1.165, 1.54) is 30.8 Å². The summed E-state index contributed by atoms with van der Waals surface area (Å²) in [5.74, 6) is -0.712. The summed E-state index contributed by atoms with van der Waals surface area (Å²) in [7, 11) is 0. The molecule has 9 heteroatoms. The summed E-state index contributed by atoms with van der Waals surface area (Å²) in [6.07, 6.45) is 6.68. The maximum absolute atomic E-state index is 13.8. The second-order valence-electron chi connectivity index (χ2n) is 13.1. The van der Waals surface area contributed by atoms with Gasteiger partial charge >= 0.3 is 5.97 Å². The molecule has 0 saturated heterocycles. The summed E-state index contributed by atoms with van der Waals surface area (Å²) in [6.45, 7) is 7.36. The number of esters is 1. The van der Waals surface area contributed by atoms with Crippen LogP contribution in [0.25, 0.3) is 0 Å². The van der Waals surface area contributed by atoms with Crippen LogP contribution in [0.15, 0.2) is 47.2 Å². The van der Waals surface area contributed by atoms with E-state index in [1.54, 1.807) is 19.1 Å². The van der Waals surface area contributed by atoms with Gasteiger partial charge in [-0.2, -0.15) is 0 Å². The van der Waals surface area contributed by atoms with Gasteiger partial charge in [0.2, 0.25) is 5.12 Å². The minimum atomic E-state index is -1.38. The summed E-state index contributed by atoms with van der Waals surface area (Å²) in [5.41, 5.74) is 1.43. The Kier molecular flexibility index (Phi) is 8.42. The number of aliphatic hydroxyl groups is 1. The zero-order chi connectivity index (χ0) is 30.4. The quantitative estimate of drug-likeness (QED) is 0.220. The first-order valence-corrected chi connectivity index (χ1v) is 16.0. The van der Waals surface area contributed by atoms with Crippen molar-refractivity contribution < 1.29 is 33.9 Å². The molecule has 226 valence electrons. The van der Waals surface area contributed by atoms with Crippen LogP contribution >= 0.6 is 11.8 Å². The van der Waals surface area contributed by atoms with Gasteiger partial charge in [-0.15, -0.1) is 0 Å². The zero-order valence-corrected chi connectivity index (χ0v) is 25.7. The maximum Gasteiger partial charge on any atom is 0.306 e. The van der Waals surface area contributed by atoms with Crippen LogP contribution in [0, 0.1) is 39.8 Å². The molecular formula is C33H42FN2O5S+. The van der Waals surface area contributed by atoms with E-state index in [-0.39, 0.29) is 52.1 Å². The number of halogens is 1. The molecule has 3 saturated carbocycles. The van der Waals surface area contributed by atoms with Crippen LogP contribution in [0.5, 0.6) is 0 Å². The molecular weight excluding hydrogens is 555 g/mol. The number of hydrogen-bond donors (Lipinski definition) is 3. The molecule has 3 fully saturated rings. The predicted octanol–water partition coefficient (Wildman–Crippen LogP) is 5.01. The van der Waals surface area contributed by atoms with E-state index in [0.29, 0.717) is 25.7 Å². The van der Waals surface area contributed by atoms with E-state index < -0.39 is 23.1 Å². The number of thioether (sulfide) groups is 1. The lowest BCUT2D eigenvalue weighted by molar-refractivity contribution is -0.513. The number of ether oxygens (including phenoxy) is 1. The van der Waals surface area contributed by atoms with Gasteiger partial charge in [-0.25, -0.2) is 4.39 Å². The van der Waals surface area contributed by atoms with Gasteiger partial charge in [0.25, 0.3) is 0 Å². The van der Waals surface area contributed by atoms with E-state index in [2.05, 4.69) is 13.0 Å². The molecule has 7 nitrogen and oxygen atoms in total. The van der Waals surface area contributed by atoms with Crippen LogP contribution in [0.4, 0.5) is 10.1 Å². The van der Waals surface area contributed by atoms with Gasteiger partial charge in [0.15, 0.2) is 5.60 Å². The van der Waals surface area contributed by atoms with Crippen LogP contribution in [0.3, 0.4) is 0 Å². The Morgan fingerprint density at radius 2 is 1.93 bits per heavy atom. The molecule has 0 bridgehead atoms. The first kappa shape index (κ1) is 30.8. The highest BCUT2D eigenvalue weighted by atomic mass is 32.2. The van der Waals surface area contributed by atoms with Gasteiger partial charge in [-0.05, 0) is 86.8 Å². The maximum atomic E-state index is 13.8. The third kappa shape index (κ3) is 5.01. The van der Waals surface area contributed by atoms with E-state index in [1.807, 2.05) is 12.2 Å². The number of aliphatic hydroxyl groups excluding tert-OH is 1. The first-order chi connectivity index (χ1) is 19.9. The number of nitrogens with two attached hydrogens (primary N) is 1. The Morgan fingerprint density at radius 1 is 1.21 bits per heavy atom. The fourth-order valence-electron chi connectivity index (χ4n) is 8.81. The van der Waals surface area contributed by atoms with Crippen molar-refractivity contribution in [1.82, 2.24) is 0 Å². The second kappa shape index (κ2) is 11.5. The Morgan fingerprint density at radius 3 is 2.57 bits per heavy atom. The summed E-state index contributed by atoms with van der Waals surface area (Å²) in [6, 6.07) is 6.32. The predicted molar refractivity (Wildman–Crippen MR) is 160 cm³/mol. The van der Waals surface area contributed by atoms with Crippen LogP contribution < -0.4 is 5.32 Å². The Hall–Kier alpha value is -2.62. The average Bonchev–Trinajstić information content (AvgIpc) is 3.24. The van der Waals surface area contributed by atoms with Crippen molar-refractivity contribution >= 4 is 40.5 Å². The normalized spacial score (nSPS) is 35.4. The molecule has 0 spiro atoms. The van der Waals surface area contributed by atoms with Crippen LogP contribution in [0.1, 0.15) is 72.6 Å². The molecule has 4 aliphatic rings.